The van der Waals surface area contributed by atoms with Crippen molar-refractivity contribution in [3.8, 4) is 0 Å². The molecule has 1 aromatic carbocycles. The number of hydrogen-bond acceptors (Lipinski definition) is 5. The second-order valence-corrected chi connectivity index (χ2v) is 5.68. The van der Waals surface area contributed by atoms with E-state index >= 15 is 0 Å². The summed E-state index contributed by atoms with van der Waals surface area (Å²) in [4.78, 5) is 5.09. The van der Waals surface area contributed by atoms with Crippen LogP contribution in [0.4, 0.5) is 0 Å². The van der Waals surface area contributed by atoms with E-state index in [2.05, 4.69) is 43.7 Å². The van der Waals surface area contributed by atoms with E-state index in [0.29, 0.717) is 0 Å². The first-order chi connectivity index (χ1) is 9.35. The van der Waals surface area contributed by atoms with Gasteiger partial charge in [0.15, 0.2) is 0 Å². The normalized spacial score (nSPS) is 18.8. The summed E-state index contributed by atoms with van der Waals surface area (Å²) in [7, 11) is 0. The molecule has 4 nitrogen and oxygen atoms in total. The zero-order valence-corrected chi connectivity index (χ0v) is 12.2. The standard InChI is InChI=1S/C14H20N4S/c1-2-17-6-3-7-18(9-8-17)11-12-4-5-13-14(10-12)16-19-15-13/h4-5,10H,2-3,6-9,11H2,1H3. The molecular weight excluding hydrogens is 256 g/mol. The molecule has 1 aliphatic rings. The van der Waals surface area contributed by atoms with Gasteiger partial charge in [0.1, 0.15) is 11.0 Å². The molecule has 0 amide bonds. The van der Waals surface area contributed by atoms with Crippen molar-refractivity contribution in [2.75, 3.05) is 32.7 Å². The lowest BCUT2D eigenvalue weighted by Gasteiger charge is -2.20. The molecule has 0 saturated carbocycles. The molecule has 1 saturated heterocycles. The zero-order chi connectivity index (χ0) is 13.1. The Labute approximate surface area is 118 Å². The fraction of sp³-hybridized carbons (Fsp3) is 0.571. The van der Waals surface area contributed by atoms with Crippen molar-refractivity contribution in [3.05, 3.63) is 23.8 Å². The minimum Gasteiger partial charge on any atom is -0.302 e. The molecule has 0 bridgehead atoms. The Bertz CT molecular complexity index is 539. The van der Waals surface area contributed by atoms with E-state index in [9.17, 15) is 0 Å². The van der Waals surface area contributed by atoms with Crippen molar-refractivity contribution >= 4 is 22.8 Å². The summed E-state index contributed by atoms with van der Waals surface area (Å²) in [6, 6.07) is 6.46. The first-order valence-electron chi connectivity index (χ1n) is 7.01. The molecule has 2 aromatic rings. The Morgan fingerprint density at radius 1 is 1.05 bits per heavy atom. The van der Waals surface area contributed by atoms with Crippen molar-refractivity contribution in [2.24, 2.45) is 0 Å². The summed E-state index contributed by atoms with van der Waals surface area (Å²) in [6.45, 7) is 9.25. The summed E-state index contributed by atoms with van der Waals surface area (Å²) in [6.07, 6.45) is 1.27. The maximum atomic E-state index is 4.32. The number of benzene rings is 1. The van der Waals surface area contributed by atoms with E-state index < -0.39 is 0 Å². The summed E-state index contributed by atoms with van der Waals surface area (Å²) >= 11 is 1.29. The molecule has 2 heterocycles. The second kappa shape index (κ2) is 5.94. The van der Waals surface area contributed by atoms with Crippen LogP contribution in [0.15, 0.2) is 18.2 Å². The van der Waals surface area contributed by atoms with Gasteiger partial charge in [0, 0.05) is 19.6 Å². The van der Waals surface area contributed by atoms with E-state index in [1.165, 1.54) is 56.4 Å². The van der Waals surface area contributed by atoms with Crippen LogP contribution in [0.3, 0.4) is 0 Å². The molecule has 5 heteroatoms. The van der Waals surface area contributed by atoms with Crippen LogP contribution >= 0.6 is 11.7 Å². The summed E-state index contributed by atoms with van der Waals surface area (Å²) < 4.78 is 8.57. The topological polar surface area (TPSA) is 32.3 Å². The van der Waals surface area contributed by atoms with Gasteiger partial charge in [-0.3, -0.25) is 4.90 Å². The zero-order valence-electron chi connectivity index (χ0n) is 11.4. The summed E-state index contributed by atoms with van der Waals surface area (Å²) in [5.74, 6) is 0. The smallest absolute Gasteiger partial charge is 0.105 e. The van der Waals surface area contributed by atoms with Gasteiger partial charge in [0.2, 0.25) is 0 Å². The number of rotatable bonds is 3. The largest absolute Gasteiger partial charge is 0.302 e. The van der Waals surface area contributed by atoms with Crippen molar-refractivity contribution in [1.82, 2.24) is 18.5 Å². The first kappa shape index (κ1) is 13.0. The van der Waals surface area contributed by atoms with Crippen LogP contribution in [-0.4, -0.2) is 51.3 Å². The van der Waals surface area contributed by atoms with Crippen molar-refractivity contribution < 1.29 is 0 Å². The van der Waals surface area contributed by atoms with Gasteiger partial charge in [-0.2, -0.15) is 8.75 Å². The number of nitrogens with zero attached hydrogens (tertiary/aromatic N) is 4. The Morgan fingerprint density at radius 2 is 1.84 bits per heavy atom. The van der Waals surface area contributed by atoms with E-state index in [-0.39, 0.29) is 0 Å². The molecule has 0 atom stereocenters. The third-order valence-corrected chi connectivity index (χ3v) is 4.41. The first-order valence-corrected chi connectivity index (χ1v) is 7.74. The van der Waals surface area contributed by atoms with Gasteiger partial charge in [-0.05, 0) is 43.8 Å². The van der Waals surface area contributed by atoms with Gasteiger partial charge in [0.25, 0.3) is 0 Å². The third-order valence-electron chi connectivity index (χ3n) is 3.85. The molecule has 1 fully saturated rings. The van der Waals surface area contributed by atoms with Crippen molar-refractivity contribution in [3.63, 3.8) is 0 Å². The molecule has 3 rings (SSSR count). The van der Waals surface area contributed by atoms with Gasteiger partial charge in [-0.1, -0.05) is 13.0 Å². The van der Waals surface area contributed by atoms with E-state index in [0.717, 1.165) is 17.6 Å². The third kappa shape index (κ3) is 3.11. The van der Waals surface area contributed by atoms with Crippen molar-refractivity contribution in [2.45, 2.75) is 19.9 Å². The lowest BCUT2D eigenvalue weighted by molar-refractivity contribution is 0.257. The molecular formula is C14H20N4S. The maximum Gasteiger partial charge on any atom is 0.105 e. The van der Waals surface area contributed by atoms with Gasteiger partial charge >= 0.3 is 0 Å². The maximum absolute atomic E-state index is 4.32. The van der Waals surface area contributed by atoms with Gasteiger partial charge in [-0.25, -0.2) is 0 Å². The fourth-order valence-electron chi connectivity index (χ4n) is 2.68. The Hall–Kier alpha value is -1.04. The predicted octanol–water partition coefficient (Wildman–Crippen LogP) is 2.22. The molecule has 0 aliphatic carbocycles. The van der Waals surface area contributed by atoms with Crippen LogP contribution in [0, 0.1) is 0 Å². The van der Waals surface area contributed by atoms with Gasteiger partial charge in [0.05, 0.1) is 11.7 Å². The van der Waals surface area contributed by atoms with E-state index in [4.69, 9.17) is 0 Å². The highest BCUT2D eigenvalue weighted by Crippen LogP contribution is 2.16. The molecule has 0 N–H and O–H groups in total. The number of likely N-dealkylation sites (N-methyl/N-ethyl adjacent to an activating group) is 1. The number of hydrogen-bond donors (Lipinski definition) is 0. The highest BCUT2D eigenvalue weighted by molar-refractivity contribution is 7.00. The predicted molar refractivity (Wildman–Crippen MR) is 79.4 cm³/mol. The Balaban J connectivity index is 1.66. The van der Waals surface area contributed by atoms with Crippen LogP contribution in [0.2, 0.25) is 0 Å². The Morgan fingerprint density at radius 3 is 2.74 bits per heavy atom. The Kier molecular flexibility index (Phi) is 4.06. The SMILES string of the molecule is CCN1CCCN(Cc2ccc3nsnc3c2)CC1. The van der Waals surface area contributed by atoms with Crippen LogP contribution in [0.1, 0.15) is 18.9 Å². The fourth-order valence-corrected chi connectivity index (χ4v) is 3.20. The summed E-state index contributed by atoms with van der Waals surface area (Å²) in [5, 5.41) is 0. The molecule has 0 unspecified atom stereocenters. The minimum absolute atomic E-state index is 1.02. The average Bonchev–Trinajstić information content (AvgIpc) is 2.77. The minimum atomic E-state index is 1.02. The lowest BCUT2D eigenvalue weighted by atomic mass is 10.2. The molecule has 1 aliphatic heterocycles. The lowest BCUT2D eigenvalue weighted by Crippen LogP contribution is -2.30. The number of aromatic nitrogens is 2. The highest BCUT2D eigenvalue weighted by Gasteiger charge is 2.14. The van der Waals surface area contributed by atoms with Gasteiger partial charge in [-0.15, -0.1) is 0 Å². The summed E-state index contributed by atoms with van der Waals surface area (Å²) in [5.41, 5.74) is 3.40. The highest BCUT2D eigenvalue weighted by atomic mass is 32.1. The molecule has 0 radical (unpaired) electrons. The van der Waals surface area contributed by atoms with Gasteiger partial charge < -0.3 is 4.90 Å². The molecule has 102 valence electrons. The van der Waals surface area contributed by atoms with Crippen molar-refractivity contribution in [1.29, 1.82) is 0 Å². The monoisotopic (exact) mass is 276 g/mol. The van der Waals surface area contributed by atoms with Crippen LogP contribution in [0.5, 0.6) is 0 Å². The second-order valence-electron chi connectivity index (χ2n) is 5.15. The average molecular weight is 276 g/mol. The molecule has 1 aromatic heterocycles. The quantitative estimate of drug-likeness (QED) is 0.860. The van der Waals surface area contributed by atoms with Crippen LogP contribution in [0.25, 0.3) is 11.0 Å². The van der Waals surface area contributed by atoms with Crippen LogP contribution < -0.4 is 0 Å². The number of fused-ring (bicyclic) bond motifs is 1. The van der Waals surface area contributed by atoms with E-state index in [1.54, 1.807) is 0 Å². The molecule has 19 heavy (non-hydrogen) atoms. The molecule has 0 spiro atoms. The van der Waals surface area contributed by atoms with E-state index in [1.807, 2.05) is 0 Å². The van der Waals surface area contributed by atoms with Crippen LogP contribution in [-0.2, 0) is 6.54 Å².